The van der Waals surface area contributed by atoms with Crippen LogP contribution in [0.2, 0.25) is 0 Å². The third-order valence-electron chi connectivity index (χ3n) is 4.37. The minimum absolute atomic E-state index is 0.0408. The molecule has 1 amide bonds. The van der Waals surface area contributed by atoms with Gasteiger partial charge in [0, 0.05) is 11.1 Å². The van der Waals surface area contributed by atoms with Crippen LogP contribution in [0.25, 0.3) is 11.4 Å². The average Bonchev–Trinajstić information content (AvgIpc) is 2.93. The zero-order chi connectivity index (χ0) is 19.5. The van der Waals surface area contributed by atoms with Crippen molar-refractivity contribution < 1.29 is 4.79 Å². The summed E-state index contributed by atoms with van der Waals surface area (Å²) >= 11 is 1.28. The lowest BCUT2D eigenvalue weighted by atomic mass is 9.87. The number of amides is 1. The highest BCUT2D eigenvalue weighted by molar-refractivity contribution is 7.99. The molecule has 0 saturated heterocycles. The van der Waals surface area contributed by atoms with Crippen molar-refractivity contribution in [2.45, 2.75) is 64.1 Å². The maximum absolute atomic E-state index is 12.1. The van der Waals surface area contributed by atoms with E-state index in [0.717, 1.165) is 12.0 Å². The normalized spacial score (nSPS) is 12.2. The number of nitrogens with one attached hydrogen (secondary N) is 1. The van der Waals surface area contributed by atoms with Crippen LogP contribution in [0.4, 0.5) is 0 Å². The van der Waals surface area contributed by atoms with Crippen LogP contribution < -0.4 is 11.2 Å². The largest absolute Gasteiger partial charge is 0.351 e. The number of hydrogen-bond acceptors (Lipinski definition) is 5. The molecular weight excluding hydrogens is 346 g/mol. The van der Waals surface area contributed by atoms with Crippen LogP contribution >= 0.6 is 11.8 Å². The van der Waals surface area contributed by atoms with Crippen LogP contribution in [-0.2, 0) is 10.2 Å². The first kappa shape index (κ1) is 20.3. The van der Waals surface area contributed by atoms with Crippen molar-refractivity contribution in [3.05, 3.63) is 29.8 Å². The predicted molar refractivity (Wildman–Crippen MR) is 108 cm³/mol. The number of rotatable bonds is 6. The van der Waals surface area contributed by atoms with Gasteiger partial charge in [0.05, 0.1) is 5.75 Å². The van der Waals surface area contributed by atoms with E-state index in [4.69, 9.17) is 5.84 Å². The molecule has 1 aromatic carbocycles. The molecule has 0 spiro atoms. The molecule has 6 nitrogen and oxygen atoms in total. The molecule has 0 bridgehead atoms. The van der Waals surface area contributed by atoms with Crippen molar-refractivity contribution in [2.24, 2.45) is 0 Å². The van der Waals surface area contributed by atoms with Gasteiger partial charge in [0.1, 0.15) is 0 Å². The van der Waals surface area contributed by atoms with Crippen LogP contribution in [0, 0.1) is 0 Å². The molecule has 3 N–H and O–H groups in total. The summed E-state index contributed by atoms with van der Waals surface area (Å²) in [6.07, 6.45) is 0.866. The fourth-order valence-electron chi connectivity index (χ4n) is 2.32. The van der Waals surface area contributed by atoms with E-state index in [1.807, 2.05) is 32.9 Å². The van der Waals surface area contributed by atoms with Gasteiger partial charge in [0.2, 0.25) is 11.1 Å². The fourth-order valence-corrected chi connectivity index (χ4v) is 2.98. The summed E-state index contributed by atoms with van der Waals surface area (Å²) in [6.45, 7) is 12.6. The second-order valence-electron chi connectivity index (χ2n) is 8.08. The molecule has 0 aliphatic heterocycles. The van der Waals surface area contributed by atoms with E-state index in [0.29, 0.717) is 11.0 Å². The van der Waals surface area contributed by atoms with E-state index in [2.05, 4.69) is 48.4 Å². The van der Waals surface area contributed by atoms with Gasteiger partial charge in [0.15, 0.2) is 5.82 Å². The van der Waals surface area contributed by atoms with Gasteiger partial charge in [-0.15, -0.1) is 10.2 Å². The highest BCUT2D eigenvalue weighted by atomic mass is 32.2. The number of carbonyl (C=O) groups is 1. The molecule has 0 radical (unpaired) electrons. The smallest absolute Gasteiger partial charge is 0.230 e. The first-order valence-electron chi connectivity index (χ1n) is 8.79. The van der Waals surface area contributed by atoms with Crippen molar-refractivity contribution in [3.63, 3.8) is 0 Å². The van der Waals surface area contributed by atoms with E-state index < -0.39 is 0 Å². The van der Waals surface area contributed by atoms with Crippen molar-refractivity contribution in [1.29, 1.82) is 0 Å². The van der Waals surface area contributed by atoms with Crippen LogP contribution in [0.3, 0.4) is 0 Å². The Morgan fingerprint density at radius 1 is 1.15 bits per heavy atom. The predicted octanol–water partition coefficient (Wildman–Crippen LogP) is 3.35. The van der Waals surface area contributed by atoms with Gasteiger partial charge in [-0.2, -0.15) is 0 Å². The summed E-state index contributed by atoms with van der Waals surface area (Å²) in [5.74, 6) is 6.93. The lowest BCUT2D eigenvalue weighted by molar-refractivity contribution is -0.120. The van der Waals surface area contributed by atoms with Gasteiger partial charge in [-0.25, -0.2) is 4.68 Å². The maximum atomic E-state index is 12.1. The molecule has 26 heavy (non-hydrogen) atoms. The van der Waals surface area contributed by atoms with Gasteiger partial charge in [0.25, 0.3) is 0 Å². The summed E-state index contributed by atoms with van der Waals surface area (Å²) in [6, 6.07) is 8.16. The standard InChI is InChI=1S/C19H29N5OS/c1-7-19(5,6)21-15(25)12-26-17-23-22-16(24(17)20)13-8-10-14(11-9-13)18(2,3)4/h8-11H,7,12,20H2,1-6H3,(H,21,25). The summed E-state index contributed by atoms with van der Waals surface area (Å²) in [5, 5.41) is 11.8. The van der Waals surface area contributed by atoms with Crippen LogP contribution in [0.5, 0.6) is 0 Å². The molecule has 0 aliphatic carbocycles. The third-order valence-corrected chi connectivity index (χ3v) is 5.31. The van der Waals surface area contributed by atoms with Gasteiger partial charge in [-0.05, 0) is 31.2 Å². The van der Waals surface area contributed by atoms with E-state index in [-0.39, 0.29) is 22.6 Å². The number of carbonyl (C=O) groups excluding carboxylic acids is 1. The molecule has 0 fully saturated rings. The Labute approximate surface area is 159 Å². The summed E-state index contributed by atoms with van der Waals surface area (Å²) in [5.41, 5.74) is 2.02. The number of nitrogens with two attached hydrogens (primary N) is 1. The monoisotopic (exact) mass is 375 g/mol. The number of thioether (sulfide) groups is 1. The Kier molecular flexibility index (Phi) is 6.01. The Bertz CT molecular complexity index is 759. The highest BCUT2D eigenvalue weighted by Crippen LogP contribution is 2.26. The maximum Gasteiger partial charge on any atom is 0.230 e. The lowest BCUT2D eigenvalue weighted by Gasteiger charge is -2.24. The van der Waals surface area contributed by atoms with Crippen molar-refractivity contribution >= 4 is 17.7 Å². The minimum atomic E-state index is -0.214. The third kappa shape index (κ3) is 5.00. The summed E-state index contributed by atoms with van der Waals surface area (Å²) in [4.78, 5) is 12.1. The fraction of sp³-hybridized carbons (Fsp3) is 0.526. The first-order valence-corrected chi connectivity index (χ1v) is 9.77. The number of aromatic nitrogens is 3. The zero-order valence-corrected chi connectivity index (χ0v) is 17.3. The highest BCUT2D eigenvalue weighted by Gasteiger charge is 2.20. The molecular formula is C19H29N5OS. The first-order chi connectivity index (χ1) is 12.0. The summed E-state index contributed by atoms with van der Waals surface area (Å²) < 4.78 is 1.44. The van der Waals surface area contributed by atoms with Gasteiger partial charge < -0.3 is 11.2 Å². The molecule has 0 saturated carbocycles. The molecule has 7 heteroatoms. The van der Waals surface area contributed by atoms with Gasteiger partial charge in [-0.3, -0.25) is 4.79 Å². The molecule has 142 valence electrons. The van der Waals surface area contributed by atoms with Crippen LogP contribution in [0.15, 0.2) is 29.4 Å². The van der Waals surface area contributed by atoms with Crippen LogP contribution in [-0.4, -0.2) is 32.1 Å². The van der Waals surface area contributed by atoms with Gasteiger partial charge >= 0.3 is 0 Å². The Hall–Kier alpha value is -2.02. The second-order valence-corrected chi connectivity index (χ2v) is 9.02. The average molecular weight is 376 g/mol. The van der Waals surface area contributed by atoms with E-state index in [1.165, 1.54) is 22.0 Å². The second kappa shape index (κ2) is 7.70. The quantitative estimate of drug-likeness (QED) is 0.597. The molecule has 0 aliphatic rings. The number of benzene rings is 1. The van der Waals surface area contributed by atoms with E-state index >= 15 is 0 Å². The Morgan fingerprint density at radius 2 is 1.77 bits per heavy atom. The number of nitrogen functional groups attached to an aromatic ring is 1. The summed E-state index contributed by atoms with van der Waals surface area (Å²) in [7, 11) is 0. The lowest BCUT2D eigenvalue weighted by Crippen LogP contribution is -2.43. The molecule has 1 heterocycles. The van der Waals surface area contributed by atoms with Crippen molar-refractivity contribution in [1.82, 2.24) is 20.2 Å². The molecule has 1 aromatic heterocycles. The van der Waals surface area contributed by atoms with Gasteiger partial charge in [-0.1, -0.05) is 63.7 Å². The minimum Gasteiger partial charge on any atom is -0.351 e. The Balaban J connectivity index is 2.07. The van der Waals surface area contributed by atoms with E-state index in [1.54, 1.807) is 0 Å². The SMILES string of the molecule is CCC(C)(C)NC(=O)CSc1nnc(-c2ccc(C(C)(C)C)cc2)n1N. The van der Waals surface area contributed by atoms with Crippen LogP contribution in [0.1, 0.15) is 53.5 Å². The molecule has 2 aromatic rings. The Morgan fingerprint density at radius 3 is 2.31 bits per heavy atom. The topological polar surface area (TPSA) is 85.8 Å². The number of hydrogen-bond donors (Lipinski definition) is 2. The molecule has 0 atom stereocenters. The van der Waals surface area contributed by atoms with Crippen molar-refractivity contribution in [3.8, 4) is 11.4 Å². The molecule has 2 rings (SSSR count). The zero-order valence-electron chi connectivity index (χ0n) is 16.5. The van der Waals surface area contributed by atoms with Crippen molar-refractivity contribution in [2.75, 3.05) is 11.6 Å². The number of nitrogens with zero attached hydrogens (tertiary/aromatic N) is 3. The molecule has 0 unspecified atom stereocenters. The van der Waals surface area contributed by atoms with E-state index in [9.17, 15) is 4.79 Å².